The predicted octanol–water partition coefficient (Wildman–Crippen LogP) is 4.94. The molecule has 5 heterocycles. The first-order valence-corrected chi connectivity index (χ1v) is 12.1. The summed E-state index contributed by atoms with van der Waals surface area (Å²) in [6.45, 7) is 3.71. The number of aryl methyl sites for hydroxylation is 1. The number of aromatic nitrogens is 4. The van der Waals surface area contributed by atoms with E-state index in [1.807, 2.05) is 41.2 Å². The third-order valence-corrected chi connectivity index (χ3v) is 6.79. The zero-order chi connectivity index (χ0) is 22.6. The van der Waals surface area contributed by atoms with Crippen LogP contribution in [-0.4, -0.2) is 32.0 Å². The zero-order valence-corrected chi connectivity index (χ0v) is 19.3. The number of hydrogen-bond donors (Lipinski definition) is 1. The highest BCUT2D eigenvalue weighted by molar-refractivity contribution is 7.14. The van der Waals surface area contributed by atoms with Gasteiger partial charge in [0.1, 0.15) is 11.5 Å². The molecule has 1 N–H and O–H groups in total. The van der Waals surface area contributed by atoms with E-state index in [1.54, 1.807) is 12.4 Å². The van der Waals surface area contributed by atoms with E-state index in [0.29, 0.717) is 17.4 Å². The summed E-state index contributed by atoms with van der Waals surface area (Å²) in [7, 11) is 0. The van der Waals surface area contributed by atoms with Crippen LogP contribution in [0.2, 0.25) is 0 Å². The molecule has 0 unspecified atom stereocenters. The van der Waals surface area contributed by atoms with E-state index in [0.717, 1.165) is 42.9 Å². The van der Waals surface area contributed by atoms with E-state index in [9.17, 15) is 4.79 Å². The molecule has 8 heteroatoms. The highest BCUT2D eigenvalue weighted by atomic mass is 32.1. The monoisotopic (exact) mass is 458 g/mol. The van der Waals surface area contributed by atoms with Crippen LogP contribution in [0.1, 0.15) is 53.1 Å². The fraction of sp³-hybridized carbons (Fsp3) is 0.280. The molecule has 1 amide bonds. The van der Waals surface area contributed by atoms with Gasteiger partial charge in [-0.2, -0.15) is 0 Å². The van der Waals surface area contributed by atoms with E-state index in [2.05, 4.69) is 44.6 Å². The lowest BCUT2D eigenvalue weighted by Gasteiger charge is -2.24. The fourth-order valence-corrected chi connectivity index (χ4v) is 5.00. The van der Waals surface area contributed by atoms with Crippen LogP contribution in [0.3, 0.4) is 0 Å². The molecule has 0 bridgehead atoms. The number of amides is 1. The van der Waals surface area contributed by atoms with Crippen molar-refractivity contribution in [1.29, 1.82) is 0 Å². The minimum Gasteiger partial charge on any atom is -0.348 e. The largest absolute Gasteiger partial charge is 0.348 e. The van der Waals surface area contributed by atoms with E-state index in [1.165, 1.54) is 16.9 Å². The van der Waals surface area contributed by atoms with Crippen LogP contribution < -0.4 is 10.2 Å². The number of carbonyl (C=O) groups is 1. The van der Waals surface area contributed by atoms with Crippen molar-refractivity contribution in [2.75, 3.05) is 16.8 Å². The van der Waals surface area contributed by atoms with Gasteiger partial charge >= 0.3 is 0 Å². The molecule has 0 radical (unpaired) electrons. The van der Waals surface area contributed by atoms with Crippen LogP contribution in [-0.2, 0) is 13.0 Å². The Kier molecular flexibility index (Phi) is 6.17. The molecule has 4 aromatic heterocycles. The molecule has 5 rings (SSSR count). The van der Waals surface area contributed by atoms with Crippen molar-refractivity contribution < 1.29 is 4.79 Å². The summed E-state index contributed by atoms with van der Waals surface area (Å²) in [4.78, 5) is 28.8. The molecule has 7 nitrogen and oxygen atoms in total. The van der Waals surface area contributed by atoms with Gasteiger partial charge in [0.2, 0.25) is 0 Å². The summed E-state index contributed by atoms with van der Waals surface area (Å²) >= 11 is 1.47. The number of nitrogens with zero attached hydrogens (tertiary/aromatic N) is 5. The van der Waals surface area contributed by atoms with Gasteiger partial charge in [-0.05, 0) is 60.7 Å². The summed E-state index contributed by atoms with van der Waals surface area (Å²) in [5.74, 6) is 0.831. The van der Waals surface area contributed by atoms with Crippen molar-refractivity contribution in [3.05, 3.63) is 89.1 Å². The lowest BCUT2D eigenvalue weighted by atomic mass is 10.1. The number of pyridine rings is 2. The van der Waals surface area contributed by atoms with Gasteiger partial charge in [0.25, 0.3) is 5.91 Å². The maximum Gasteiger partial charge on any atom is 0.274 e. The Balaban J connectivity index is 1.28. The molecule has 1 fully saturated rings. The molecule has 0 aromatic carbocycles. The van der Waals surface area contributed by atoms with E-state index < -0.39 is 0 Å². The van der Waals surface area contributed by atoms with Gasteiger partial charge in [-0.1, -0.05) is 13.0 Å². The average molecular weight is 459 g/mol. The first-order valence-electron chi connectivity index (χ1n) is 11.2. The number of hydrogen-bond acceptors (Lipinski definition) is 6. The normalized spacial score (nSPS) is 15.7. The van der Waals surface area contributed by atoms with Crippen LogP contribution >= 0.6 is 11.3 Å². The molecular weight excluding hydrogens is 432 g/mol. The predicted molar refractivity (Wildman–Crippen MR) is 131 cm³/mol. The van der Waals surface area contributed by atoms with Crippen LogP contribution in [0, 0.1) is 0 Å². The molecule has 0 saturated carbocycles. The van der Waals surface area contributed by atoms with Gasteiger partial charge < -0.3 is 9.47 Å². The number of rotatable bonds is 7. The molecule has 0 spiro atoms. The van der Waals surface area contributed by atoms with Gasteiger partial charge in [-0.15, -0.1) is 11.3 Å². The Morgan fingerprint density at radius 2 is 2.06 bits per heavy atom. The molecule has 1 aliphatic rings. The second kappa shape index (κ2) is 9.54. The van der Waals surface area contributed by atoms with Gasteiger partial charge in [-0.3, -0.25) is 15.1 Å². The maximum absolute atomic E-state index is 13.0. The first kappa shape index (κ1) is 21.3. The van der Waals surface area contributed by atoms with Crippen LogP contribution in [0.5, 0.6) is 0 Å². The Morgan fingerprint density at radius 1 is 1.18 bits per heavy atom. The molecule has 1 atom stereocenters. The molecule has 1 saturated heterocycles. The average Bonchev–Trinajstić information content (AvgIpc) is 3.60. The van der Waals surface area contributed by atoms with E-state index in [-0.39, 0.29) is 11.9 Å². The van der Waals surface area contributed by atoms with Crippen molar-refractivity contribution >= 4 is 28.2 Å². The molecule has 0 aliphatic carbocycles. The maximum atomic E-state index is 13.0. The fourth-order valence-electron chi connectivity index (χ4n) is 4.24. The van der Waals surface area contributed by atoms with Crippen molar-refractivity contribution in [1.82, 2.24) is 19.5 Å². The van der Waals surface area contributed by atoms with Crippen molar-refractivity contribution in [2.24, 2.45) is 0 Å². The summed E-state index contributed by atoms with van der Waals surface area (Å²) in [6, 6.07) is 12.0. The number of anilines is 2. The number of thiazole rings is 1. The lowest BCUT2D eigenvalue weighted by Crippen LogP contribution is -2.24. The second-order valence-electron chi connectivity index (χ2n) is 8.14. The third-order valence-electron chi connectivity index (χ3n) is 6.01. The molecule has 4 aromatic rings. The quantitative estimate of drug-likeness (QED) is 0.425. The van der Waals surface area contributed by atoms with Gasteiger partial charge in [0.15, 0.2) is 5.13 Å². The lowest BCUT2D eigenvalue weighted by molar-refractivity contribution is 0.101. The topological polar surface area (TPSA) is 75.9 Å². The SMILES string of the molecule is CCc1ccc(N2CCC[C@@H]2c2csc(NC(=O)c3cccn3Cc3ccncc3)n2)nc1. The Morgan fingerprint density at radius 3 is 2.85 bits per heavy atom. The molecule has 1 aliphatic heterocycles. The second-order valence-corrected chi connectivity index (χ2v) is 9.00. The smallest absolute Gasteiger partial charge is 0.274 e. The minimum absolute atomic E-state index is 0.157. The van der Waals surface area contributed by atoms with Crippen molar-refractivity contribution in [3.63, 3.8) is 0 Å². The van der Waals surface area contributed by atoms with Gasteiger partial charge in [-0.25, -0.2) is 9.97 Å². The Hall–Kier alpha value is -3.52. The summed E-state index contributed by atoms with van der Waals surface area (Å²) in [5.41, 5.74) is 3.92. The standard InChI is InChI=1S/C25H26N6OS/c1-2-18-7-8-23(27-15-18)31-14-4-5-21(31)20-17-33-25(28-20)29-24(32)22-6-3-13-30(22)16-19-9-11-26-12-10-19/h3,6-13,15,17,21H,2,4-5,14,16H2,1H3,(H,28,29,32)/t21-/m1/s1. The summed E-state index contributed by atoms with van der Waals surface area (Å²) < 4.78 is 1.93. The molecular formula is C25H26N6OS. The van der Waals surface area contributed by atoms with Gasteiger partial charge in [0, 0.05) is 43.3 Å². The Bertz CT molecular complexity index is 1220. The van der Waals surface area contributed by atoms with Crippen molar-refractivity contribution in [3.8, 4) is 0 Å². The zero-order valence-electron chi connectivity index (χ0n) is 18.5. The third kappa shape index (κ3) is 4.66. The van der Waals surface area contributed by atoms with Crippen molar-refractivity contribution in [2.45, 2.75) is 38.8 Å². The highest BCUT2D eigenvalue weighted by Gasteiger charge is 2.29. The highest BCUT2D eigenvalue weighted by Crippen LogP contribution is 2.36. The Labute approximate surface area is 197 Å². The number of carbonyl (C=O) groups excluding carboxylic acids is 1. The van der Waals surface area contributed by atoms with Crippen LogP contribution in [0.25, 0.3) is 0 Å². The molecule has 33 heavy (non-hydrogen) atoms. The van der Waals surface area contributed by atoms with E-state index in [4.69, 9.17) is 4.98 Å². The van der Waals surface area contributed by atoms with E-state index >= 15 is 0 Å². The van der Waals surface area contributed by atoms with Gasteiger partial charge in [0.05, 0.1) is 11.7 Å². The van der Waals surface area contributed by atoms with Crippen LogP contribution in [0.4, 0.5) is 10.9 Å². The number of nitrogens with one attached hydrogen (secondary N) is 1. The summed E-state index contributed by atoms with van der Waals surface area (Å²) in [6.07, 6.45) is 10.5. The minimum atomic E-state index is -0.157. The first-order chi connectivity index (χ1) is 16.2. The molecule has 168 valence electrons. The van der Waals surface area contributed by atoms with Crippen LogP contribution in [0.15, 0.2) is 66.6 Å². The summed E-state index contributed by atoms with van der Waals surface area (Å²) in [5, 5.41) is 5.65.